The highest BCUT2D eigenvalue weighted by Gasteiger charge is 2.39. The molecular formula is C16H25N3O3. The lowest BCUT2D eigenvalue weighted by Crippen LogP contribution is -2.58. The molecule has 0 radical (unpaired) electrons. The van der Waals surface area contributed by atoms with Crippen molar-refractivity contribution < 1.29 is 14.3 Å². The molecule has 0 aromatic carbocycles. The maximum absolute atomic E-state index is 12.4. The Labute approximate surface area is 131 Å². The number of ether oxygens (including phenoxy) is 1. The number of likely N-dealkylation sites (tertiary alicyclic amines) is 1. The van der Waals surface area contributed by atoms with Crippen LogP contribution in [-0.2, 0) is 9.53 Å². The lowest BCUT2D eigenvalue weighted by atomic mass is 9.85. The minimum atomic E-state index is -0.557. The van der Waals surface area contributed by atoms with Gasteiger partial charge in [0.2, 0.25) is 0 Å². The van der Waals surface area contributed by atoms with Crippen LogP contribution in [-0.4, -0.2) is 47.6 Å². The van der Waals surface area contributed by atoms with Gasteiger partial charge in [0.15, 0.2) is 0 Å². The predicted molar refractivity (Wildman–Crippen MR) is 81.1 cm³/mol. The third-order valence-corrected chi connectivity index (χ3v) is 4.18. The molecule has 1 N–H and O–H groups in total. The number of ketones is 1. The van der Waals surface area contributed by atoms with Crippen molar-refractivity contribution in [3.05, 3.63) is 0 Å². The topological polar surface area (TPSA) is 82.4 Å². The maximum Gasteiger partial charge on any atom is 0.410 e. The summed E-state index contributed by atoms with van der Waals surface area (Å²) in [6.45, 7) is 6.64. The normalized spacial score (nSPS) is 29.8. The molecule has 0 spiro atoms. The van der Waals surface area contributed by atoms with E-state index in [4.69, 9.17) is 10.00 Å². The first-order valence-corrected chi connectivity index (χ1v) is 7.94. The third-order valence-electron chi connectivity index (χ3n) is 4.18. The summed E-state index contributed by atoms with van der Waals surface area (Å²) in [6, 6.07) is 2.07. The molecule has 2 fully saturated rings. The summed E-state index contributed by atoms with van der Waals surface area (Å²) < 4.78 is 5.47. The fourth-order valence-electron chi connectivity index (χ4n) is 3.12. The smallest absolute Gasteiger partial charge is 0.410 e. The van der Waals surface area contributed by atoms with Crippen molar-refractivity contribution in [1.82, 2.24) is 10.2 Å². The molecule has 6 nitrogen and oxygen atoms in total. The molecule has 0 aromatic rings. The number of hydrogen-bond donors (Lipinski definition) is 1. The minimum Gasteiger partial charge on any atom is -0.444 e. The quantitative estimate of drug-likeness (QED) is 0.799. The van der Waals surface area contributed by atoms with Crippen LogP contribution in [0.2, 0.25) is 0 Å². The van der Waals surface area contributed by atoms with Crippen LogP contribution in [0.3, 0.4) is 0 Å². The van der Waals surface area contributed by atoms with Crippen molar-refractivity contribution in [2.45, 2.75) is 64.1 Å². The van der Waals surface area contributed by atoms with Gasteiger partial charge in [0.05, 0.1) is 12.1 Å². The van der Waals surface area contributed by atoms with Crippen molar-refractivity contribution in [3.8, 4) is 6.07 Å². The van der Waals surface area contributed by atoms with E-state index in [2.05, 4.69) is 11.4 Å². The maximum atomic E-state index is 12.4. The summed E-state index contributed by atoms with van der Waals surface area (Å²) in [4.78, 5) is 25.9. The summed E-state index contributed by atoms with van der Waals surface area (Å²) in [5.74, 6) is 0.162. The van der Waals surface area contributed by atoms with Crippen LogP contribution in [0.15, 0.2) is 0 Å². The zero-order valence-electron chi connectivity index (χ0n) is 13.6. The summed E-state index contributed by atoms with van der Waals surface area (Å²) in [5.41, 5.74) is -0.557. The van der Waals surface area contributed by atoms with E-state index in [-0.39, 0.29) is 29.9 Å². The first kappa shape index (κ1) is 16.8. The number of amides is 1. The van der Waals surface area contributed by atoms with Crippen molar-refractivity contribution in [1.29, 1.82) is 5.26 Å². The lowest BCUT2D eigenvalue weighted by Gasteiger charge is -2.42. The van der Waals surface area contributed by atoms with Gasteiger partial charge in [-0.1, -0.05) is 0 Å². The van der Waals surface area contributed by atoms with E-state index in [1.54, 1.807) is 4.90 Å². The summed E-state index contributed by atoms with van der Waals surface area (Å²) in [5, 5.41) is 12.5. The molecule has 0 aromatic heterocycles. The second kappa shape index (κ2) is 6.66. The van der Waals surface area contributed by atoms with Crippen LogP contribution in [0.4, 0.5) is 4.79 Å². The van der Waals surface area contributed by atoms with Crippen molar-refractivity contribution in [2.24, 2.45) is 5.92 Å². The van der Waals surface area contributed by atoms with Gasteiger partial charge < -0.3 is 15.0 Å². The molecule has 0 bridgehead atoms. The van der Waals surface area contributed by atoms with Gasteiger partial charge in [-0.2, -0.15) is 5.26 Å². The number of carbonyl (C=O) groups excluding carboxylic acids is 2. The van der Waals surface area contributed by atoms with Gasteiger partial charge in [-0.15, -0.1) is 0 Å². The standard InChI is InChI=1S/C16H25N3O3/c1-16(2,3)22-15(21)19-7-5-12(20)9-14(19)13-8-11(10-17)4-6-18-13/h11,13-14,18H,4-9H2,1-3H3. The molecule has 2 aliphatic heterocycles. The van der Waals surface area contributed by atoms with E-state index in [0.29, 0.717) is 25.8 Å². The van der Waals surface area contributed by atoms with Crippen molar-refractivity contribution in [2.75, 3.05) is 13.1 Å². The Bertz CT molecular complexity index is 478. The van der Waals surface area contributed by atoms with Gasteiger partial charge >= 0.3 is 6.09 Å². The highest BCUT2D eigenvalue weighted by Crippen LogP contribution is 2.26. The van der Waals surface area contributed by atoms with E-state index in [1.165, 1.54) is 0 Å². The van der Waals surface area contributed by atoms with E-state index in [1.807, 2.05) is 20.8 Å². The third kappa shape index (κ3) is 4.20. The molecule has 0 saturated carbocycles. The molecule has 2 aliphatic rings. The second-order valence-electron chi connectivity index (χ2n) is 7.14. The lowest BCUT2D eigenvalue weighted by molar-refractivity contribution is -0.123. The first-order valence-electron chi connectivity index (χ1n) is 7.94. The molecule has 122 valence electrons. The average Bonchev–Trinajstić information content (AvgIpc) is 2.45. The van der Waals surface area contributed by atoms with Crippen molar-refractivity contribution in [3.63, 3.8) is 0 Å². The Kier molecular flexibility index (Phi) is 5.07. The highest BCUT2D eigenvalue weighted by atomic mass is 16.6. The van der Waals surface area contributed by atoms with E-state index >= 15 is 0 Å². The molecular weight excluding hydrogens is 282 g/mol. The number of hydrogen-bond acceptors (Lipinski definition) is 5. The molecule has 3 unspecified atom stereocenters. The van der Waals surface area contributed by atoms with Gasteiger partial charge in [0.25, 0.3) is 0 Å². The molecule has 1 amide bonds. The predicted octanol–water partition coefficient (Wildman–Crippen LogP) is 1.85. The average molecular weight is 307 g/mol. The van der Waals surface area contributed by atoms with Crippen LogP contribution in [0.5, 0.6) is 0 Å². The van der Waals surface area contributed by atoms with Crippen LogP contribution >= 0.6 is 0 Å². The van der Waals surface area contributed by atoms with E-state index < -0.39 is 5.60 Å². The van der Waals surface area contributed by atoms with Crippen LogP contribution in [0.25, 0.3) is 0 Å². The Morgan fingerprint density at radius 1 is 1.45 bits per heavy atom. The molecule has 3 atom stereocenters. The Morgan fingerprint density at radius 2 is 2.18 bits per heavy atom. The Balaban J connectivity index is 2.11. The first-order chi connectivity index (χ1) is 10.3. The van der Waals surface area contributed by atoms with Gasteiger partial charge in [-0.3, -0.25) is 4.79 Å². The summed E-state index contributed by atoms with van der Waals surface area (Å²) in [6.07, 6.45) is 1.85. The van der Waals surface area contributed by atoms with Crippen LogP contribution in [0.1, 0.15) is 46.5 Å². The molecule has 2 heterocycles. The molecule has 2 rings (SSSR count). The van der Waals surface area contributed by atoms with Crippen molar-refractivity contribution >= 4 is 11.9 Å². The number of piperidine rings is 2. The zero-order valence-corrected chi connectivity index (χ0v) is 13.6. The number of nitriles is 1. The van der Waals surface area contributed by atoms with Gasteiger partial charge in [0.1, 0.15) is 11.4 Å². The second-order valence-corrected chi connectivity index (χ2v) is 7.14. The fourth-order valence-corrected chi connectivity index (χ4v) is 3.12. The molecule has 0 aliphatic carbocycles. The number of rotatable bonds is 1. The number of Topliss-reactive ketones (excluding diaryl/α,β-unsaturated/α-hetero) is 1. The summed E-state index contributed by atoms with van der Waals surface area (Å²) >= 11 is 0. The highest BCUT2D eigenvalue weighted by molar-refractivity contribution is 5.82. The van der Waals surface area contributed by atoms with E-state index in [9.17, 15) is 9.59 Å². The molecule has 2 saturated heterocycles. The zero-order chi connectivity index (χ0) is 16.3. The molecule has 22 heavy (non-hydrogen) atoms. The molecule has 6 heteroatoms. The number of nitrogens with one attached hydrogen (secondary N) is 1. The van der Waals surface area contributed by atoms with Gasteiger partial charge in [-0.05, 0) is 40.2 Å². The van der Waals surface area contributed by atoms with Crippen LogP contribution < -0.4 is 5.32 Å². The largest absolute Gasteiger partial charge is 0.444 e. The minimum absolute atomic E-state index is 0.0104. The number of carbonyl (C=O) groups is 2. The Morgan fingerprint density at radius 3 is 2.82 bits per heavy atom. The Hall–Kier alpha value is -1.61. The van der Waals surface area contributed by atoms with Crippen LogP contribution in [0, 0.1) is 17.2 Å². The van der Waals surface area contributed by atoms with Gasteiger partial charge in [0, 0.05) is 31.3 Å². The fraction of sp³-hybridized carbons (Fsp3) is 0.812. The monoisotopic (exact) mass is 307 g/mol. The van der Waals surface area contributed by atoms with E-state index in [0.717, 1.165) is 13.0 Å². The van der Waals surface area contributed by atoms with Gasteiger partial charge in [-0.25, -0.2) is 4.79 Å². The number of nitrogens with zero attached hydrogens (tertiary/aromatic N) is 2. The summed E-state index contributed by atoms with van der Waals surface area (Å²) in [7, 11) is 0. The SMILES string of the molecule is CC(C)(C)OC(=O)N1CCC(=O)CC1C1CC(C#N)CCN1.